The Hall–Kier alpha value is -3.26. The summed E-state index contributed by atoms with van der Waals surface area (Å²) in [5.74, 6) is 0.820. The van der Waals surface area contributed by atoms with E-state index in [0.29, 0.717) is 28.6 Å². The number of aliphatic hydroxyl groups excluding tert-OH is 1. The molecule has 0 saturated carbocycles. The van der Waals surface area contributed by atoms with Crippen LogP contribution in [0.5, 0.6) is 5.75 Å². The van der Waals surface area contributed by atoms with Crippen LogP contribution in [0.2, 0.25) is 0 Å². The number of esters is 1. The van der Waals surface area contributed by atoms with Gasteiger partial charge >= 0.3 is 12.6 Å². The number of anilines is 1. The third kappa shape index (κ3) is 6.42. The summed E-state index contributed by atoms with van der Waals surface area (Å²) in [6, 6.07) is 12.2. The van der Waals surface area contributed by atoms with Gasteiger partial charge in [0.2, 0.25) is 0 Å². The summed E-state index contributed by atoms with van der Waals surface area (Å²) >= 11 is 5.88. The largest absolute Gasteiger partial charge is 0.462 e. The number of nitrogens with zero attached hydrogens (tertiary/aromatic N) is 4. The van der Waals surface area contributed by atoms with Crippen molar-refractivity contribution in [3.63, 3.8) is 0 Å². The number of rotatable bonds is 11. The van der Waals surface area contributed by atoms with Crippen molar-refractivity contribution < 1.29 is 32.8 Å². The average Bonchev–Trinajstić information content (AvgIpc) is 3.48. The molecule has 2 aromatic heterocycles. The lowest BCUT2D eigenvalue weighted by atomic mass is 9.98. The highest BCUT2D eigenvalue weighted by atomic mass is 32.5. The van der Waals surface area contributed by atoms with Gasteiger partial charge in [0.15, 0.2) is 28.9 Å². The van der Waals surface area contributed by atoms with Crippen molar-refractivity contribution in [3.8, 4) is 5.75 Å². The molecule has 0 spiro atoms. The van der Waals surface area contributed by atoms with Crippen LogP contribution in [0.25, 0.3) is 21.9 Å². The van der Waals surface area contributed by atoms with Crippen molar-refractivity contribution in [1.82, 2.24) is 24.6 Å². The molecule has 1 aliphatic rings. The van der Waals surface area contributed by atoms with Crippen LogP contribution >= 0.6 is 6.64 Å². The maximum absolute atomic E-state index is 16.2. The molecule has 44 heavy (non-hydrogen) atoms. The lowest BCUT2D eigenvalue weighted by molar-refractivity contribution is -0.149. The predicted molar refractivity (Wildman–Crippen MR) is 168 cm³/mol. The van der Waals surface area contributed by atoms with E-state index in [9.17, 15) is 9.90 Å². The van der Waals surface area contributed by atoms with E-state index in [-0.39, 0.29) is 12.7 Å². The van der Waals surface area contributed by atoms with Crippen molar-refractivity contribution in [2.24, 2.45) is 0 Å². The zero-order valence-electron chi connectivity index (χ0n) is 25.2. The van der Waals surface area contributed by atoms with Crippen LogP contribution in [0.1, 0.15) is 39.7 Å². The zero-order chi connectivity index (χ0) is 31.8. The molecule has 4 aromatic rings. The summed E-state index contributed by atoms with van der Waals surface area (Å²) in [5, 5.41) is 18.7. The summed E-state index contributed by atoms with van der Waals surface area (Å²) in [4.78, 5) is 25.8. The molecule has 6 atom stereocenters. The van der Waals surface area contributed by atoms with Gasteiger partial charge in [0.25, 0.3) is 0 Å². The van der Waals surface area contributed by atoms with Crippen LogP contribution in [0.3, 0.4) is 0 Å². The third-order valence-electron chi connectivity index (χ3n) is 7.17. The van der Waals surface area contributed by atoms with Gasteiger partial charge in [-0.2, -0.15) is 0 Å². The lowest BCUT2D eigenvalue weighted by Crippen LogP contribution is -2.41. The molecule has 2 aromatic carbocycles. The Balaban J connectivity index is 1.42. The molecule has 1 aliphatic heterocycles. The SMILES string of the molecule is CNc1nc(C)nc2c1ncn2[C@@H]1O[C@H](CO[P@](=S)(N[C@H](C)C(=O)OC(C)C)Oc2cccc3ccccc23)[C@@H](O)[C@@]1(C)F. The van der Waals surface area contributed by atoms with E-state index in [2.05, 4.69) is 25.4 Å². The number of ether oxygens (including phenoxy) is 2. The summed E-state index contributed by atoms with van der Waals surface area (Å²) in [6.45, 7) is 4.14. The minimum atomic E-state index is -3.54. The Bertz CT molecular complexity index is 1720. The number of nitrogens with one attached hydrogen (secondary N) is 2. The second-order valence-corrected chi connectivity index (χ2v) is 14.2. The first-order valence-corrected chi connectivity index (χ1v) is 16.8. The maximum atomic E-state index is 16.2. The van der Waals surface area contributed by atoms with Crippen LogP contribution in [0.15, 0.2) is 48.8 Å². The number of aliphatic hydroxyl groups is 1. The van der Waals surface area contributed by atoms with Gasteiger partial charge in [-0.15, -0.1) is 0 Å². The van der Waals surface area contributed by atoms with Crippen LogP contribution in [-0.2, 0) is 30.6 Å². The summed E-state index contributed by atoms with van der Waals surface area (Å²) in [5.41, 5.74) is -1.49. The van der Waals surface area contributed by atoms with E-state index in [4.69, 9.17) is 30.3 Å². The zero-order valence-corrected chi connectivity index (χ0v) is 26.9. The van der Waals surface area contributed by atoms with Gasteiger partial charge in [0.1, 0.15) is 29.8 Å². The number of aromatic nitrogens is 4. The molecule has 3 heterocycles. The normalized spacial score (nSPS) is 24.0. The summed E-state index contributed by atoms with van der Waals surface area (Å²) in [6.07, 6.45) is -3.00. The van der Waals surface area contributed by atoms with E-state index in [0.717, 1.165) is 10.8 Å². The second kappa shape index (κ2) is 12.6. The van der Waals surface area contributed by atoms with Crippen molar-refractivity contribution in [1.29, 1.82) is 0 Å². The van der Waals surface area contributed by atoms with Gasteiger partial charge in [-0.25, -0.2) is 24.4 Å². The molecular formula is C29H36FN6O6PS. The molecule has 12 nitrogen and oxygen atoms in total. The number of benzene rings is 2. The Morgan fingerprint density at radius 1 is 1.23 bits per heavy atom. The smallest absolute Gasteiger partial charge is 0.323 e. The molecule has 0 radical (unpaired) electrons. The number of halogens is 1. The fourth-order valence-corrected chi connectivity index (χ4v) is 7.43. The van der Waals surface area contributed by atoms with Gasteiger partial charge in [-0.3, -0.25) is 9.36 Å². The molecule has 3 N–H and O–H groups in total. The number of hydrogen-bond acceptors (Lipinski definition) is 11. The average molecular weight is 647 g/mol. The lowest BCUT2D eigenvalue weighted by Gasteiger charge is -2.28. The third-order valence-corrected chi connectivity index (χ3v) is 9.66. The molecule has 236 valence electrons. The molecule has 15 heteroatoms. The molecule has 0 bridgehead atoms. The highest BCUT2D eigenvalue weighted by molar-refractivity contribution is 8.09. The molecular weight excluding hydrogens is 610 g/mol. The van der Waals surface area contributed by atoms with Crippen molar-refractivity contribution in [2.75, 3.05) is 19.0 Å². The first-order chi connectivity index (χ1) is 20.8. The molecule has 0 unspecified atom stereocenters. The topological polar surface area (TPSA) is 142 Å². The molecule has 0 aliphatic carbocycles. The molecule has 1 saturated heterocycles. The number of carbonyl (C=O) groups is 1. The van der Waals surface area contributed by atoms with Crippen LogP contribution in [0, 0.1) is 6.92 Å². The highest BCUT2D eigenvalue weighted by Crippen LogP contribution is 2.49. The second-order valence-electron chi connectivity index (χ2n) is 11.0. The minimum Gasteiger partial charge on any atom is -0.462 e. The first kappa shape index (κ1) is 32.1. The van der Waals surface area contributed by atoms with E-state index >= 15 is 4.39 Å². The quantitative estimate of drug-likeness (QED) is 0.155. The predicted octanol–water partition coefficient (Wildman–Crippen LogP) is 4.57. The van der Waals surface area contributed by atoms with E-state index < -0.39 is 42.8 Å². The Labute approximate surface area is 259 Å². The van der Waals surface area contributed by atoms with Gasteiger partial charge in [0.05, 0.1) is 19.0 Å². The highest BCUT2D eigenvalue weighted by Gasteiger charge is 2.56. The monoisotopic (exact) mass is 646 g/mol. The van der Waals surface area contributed by atoms with Crippen molar-refractivity contribution >= 4 is 52.2 Å². The Kier molecular flexibility index (Phi) is 9.22. The van der Waals surface area contributed by atoms with E-state index in [1.807, 2.05) is 36.4 Å². The van der Waals surface area contributed by atoms with Gasteiger partial charge in [0, 0.05) is 12.4 Å². The van der Waals surface area contributed by atoms with Crippen molar-refractivity contribution in [3.05, 3.63) is 54.6 Å². The molecule has 5 rings (SSSR count). The minimum absolute atomic E-state index is 0.341. The summed E-state index contributed by atoms with van der Waals surface area (Å²) in [7, 11) is 1.70. The van der Waals surface area contributed by atoms with Crippen LogP contribution < -0.4 is 14.9 Å². The number of imidazole rings is 1. The number of fused-ring (bicyclic) bond motifs is 2. The number of aryl methyl sites for hydroxylation is 1. The Morgan fingerprint density at radius 2 is 1.95 bits per heavy atom. The molecule has 0 amide bonds. The standard InChI is InChI=1S/C29H36FN6O6PS/c1-16(2)40-27(38)17(3)35-43(44,42-21-13-9-11-19-10-7-8-12-20(19)21)39-14-22-24(37)29(5,30)28(41-22)36-15-32-23-25(31-6)33-18(4)34-26(23)36/h7-13,15-17,22,24,28,37H,14H2,1-6H3,(H,35,44)(H,31,33,34)/t17-,22-,24-,28-,29-,43-/m1/s1. The maximum Gasteiger partial charge on any atom is 0.323 e. The van der Waals surface area contributed by atoms with Crippen molar-refractivity contribution in [2.45, 2.75) is 70.9 Å². The van der Waals surface area contributed by atoms with Crippen LogP contribution in [0.4, 0.5) is 10.2 Å². The van der Waals surface area contributed by atoms with E-state index in [1.54, 1.807) is 40.8 Å². The van der Waals surface area contributed by atoms with Crippen LogP contribution in [-0.4, -0.2) is 74.3 Å². The number of carbonyl (C=O) groups excluding carboxylic acids is 1. The van der Waals surface area contributed by atoms with Gasteiger partial charge < -0.3 is 28.9 Å². The number of alkyl halides is 1. The Morgan fingerprint density at radius 3 is 2.68 bits per heavy atom. The summed E-state index contributed by atoms with van der Waals surface area (Å²) < 4.78 is 41.5. The van der Waals surface area contributed by atoms with Gasteiger partial charge in [-0.1, -0.05) is 36.4 Å². The molecule has 1 fully saturated rings. The van der Waals surface area contributed by atoms with Gasteiger partial charge in [-0.05, 0) is 57.9 Å². The fourth-order valence-electron chi connectivity index (χ4n) is 5.01. The fraction of sp³-hybridized carbons (Fsp3) is 0.448. The first-order valence-electron chi connectivity index (χ1n) is 14.1. The van der Waals surface area contributed by atoms with E-state index in [1.165, 1.54) is 17.8 Å². The number of hydrogen-bond donors (Lipinski definition) is 3.